The molecule has 0 radical (unpaired) electrons. The van der Waals surface area contributed by atoms with Crippen molar-refractivity contribution in [1.29, 1.82) is 0 Å². The lowest BCUT2D eigenvalue weighted by Gasteiger charge is -2.35. The van der Waals surface area contributed by atoms with Crippen LogP contribution in [0.5, 0.6) is 0 Å². The van der Waals surface area contributed by atoms with Crippen molar-refractivity contribution in [2.45, 2.75) is 51.5 Å². The number of hydrogen-bond acceptors (Lipinski definition) is 2. The molecule has 2 rings (SSSR count). The quantitative estimate of drug-likeness (QED) is 0.768. The zero-order valence-corrected chi connectivity index (χ0v) is 10.4. The highest BCUT2D eigenvalue weighted by Crippen LogP contribution is 2.31. The van der Waals surface area contributed by atoms with Gasteiger partial charge in [-0.3, -0.25) is 0 Å². The van der Waals surface area contributed by atoms with Crippen molar-refractivity contribution in [2.24, 2.45) is 5.92 Å². The molecule has 0 spiro atoms. The van der Waals surface area contributed by atoms with Gasteiger partial charge in [-0.25, -0.2) is 0 Å². The summed E-state index contributed by atoms with van der Waals surface area (Å²) in [5, 5.41) is 3.69. The van der Waals surface area contributed by atoms with Crippen molar-refractivity contribution >= 4 is 0 Å². The molecule has 2 fully saturated rings. The van der Waals surface area contributed by atoms with Crippen LogP contribution in [-0.4, -0.2) is 36.6 Å². The first-order valence-corrected chi connectivity index (χ1v) is 6.69. The summed E-state index contributed by atoms with van der Waals surface area (Å²) in [6.45, 7) is 9.84. The summed E-state index contributed by atoms with van der Waals surface area (Å²) in [5.74, 6) is 0.975. The molecule has 0 aromatic carbocycles. The SMILES string of the molecule is CCN1CCC(CC2(C)CCCN2)CC1. The second kappa shape index (κ2) is 4.84. The molecule has 2 heterocycles. The van der Waals surface area contributed by atoms with Crippen LogP contribution in [0, 0.1) is 5.92 Å². The molecule has 1 N–H and O–H groups in total. The Morgan fingerprint density at radius 2 is 2.07 bits per heavy atom. The van der Waals surface area contributed by atoms with E-state index >= 15 is 0 Å². The summed E-state index contributed by atoms with van der Waals surface area (Å²) >= 11 is 0. The zero-order chi connectivity index (χ0) is 10.7. The Labute approximate surface area is 94.4 Å². The van der Waals surface area contributed by atoms with Crippen LogP contribution in [0.2, 0.25) is 0 Å². The van der Waals surface area contributed by atoms with Crippen LogP contribution in [0.3, 0.4) is 0 Å². The fourth-order valence-electron chi connectivity index (χ4n) is 3.28. The Bertz CT molecular complexity index is 189. The van der Waals surface area contributed by atoms with Crippen molar-refractivity contribution in [3.05, 3.63) is 0 Å². The molecule has 1 atom stereocenters. The van der Waals surface area contributed by atoms with Crippen LogP contribution in [0.4, 0.5) is 0 Å². The predicted octanol–water partition coefficient (Wildman–Crippen LogP) is 2.25. The van der Waals surface area contributed by atoms with Gasteiger partial charge in [0.1, 0.15) is 0 Å². The second-order valence-electron chi connectivity index (χ2n) is 5.67. The Hall–Kier alpha value is -0.0800. The summed E-state index contributed by atoms with van der Waals surface area (Å²) < 4.78 is 0. The van der Waals surface area contributed by atoms with Crippen LogP contribution in [-0.2, 0) is 0 Å². The summed E-state index contributed by atoms with van der Waals surface area (Å²) in [6.07, 6.45) is 7.02. The lowest BCUT2D eigenvalue weighted by molar-refractivity contribution is 0.164. The molecule has 88 valence electrons. The van der Waals surface area contributed by atoms with E-state index in [9.17, 15) is 0 Å². The van der Waals surface area contributed by atoms with Gasteiger partial charge in [-0.2, -0.15) is 0 Å². The van der Waals surface area contributed by atoms with Crippen molar-refractivity contribution < 1.29 is 0 Å². The van der Waals surface area contributed by atoms with Gasteiger partial charge in [0, 0.05) is 5.54 Å². The molecular weight excluding hydrogens is 184 g/mol. The molecule has 0 saturated carbocycles. The molecule has 2 heteroatoms. The largest absolute Gasteiger partial charge is 0.312 e. The van der Waals surface area contributed by atoms with Crippen LogP contribution in [0.25, 0.3) is 0 Å². The van der Waals surface area contributed by atoms with Gasteiger partial charge in [-0.05, 0) is 71.1 Å². The van der Waals surface area contributed by atoms with Crippen molar-refractivity contribution in [1.82, 2.24) is 10.2 Å². The average Bonchev–Trinajstić information content (AvgIpc) is 2.66. The molecule has 0 aromatic rings. The van der Waals surface area contributed by atoms with Gasteiger partial charge in [-0.1, -0.05) is 6.92 Å². The fraction of sp³-hybridized carbons (Fsp3) is 1.00. The minimum absolute atomic E-state index is 0.471. The van der Waals surface area contributed by atoms with Gasteiger partial charge in [-0.15, -0.1) is 0 Å². The van der Waals surface area contributed by atoms with Gasteiger partial charge in [0.2, 0.25) is 0 Å². The topological polar surface area (TPSA) is 15.3 Å². The third-order valence-corrected chi connectivity index (χ3v) is 4.35. The van der Waals surface area contributed by atoms with Gasteiger partial charge < -0.3 is 10.2 Å². The smallest absolute Gasteiger partial charge is 0.0156 e. The predicted molar refractivity (Wildman–Crippen MR) is 65.1 cm³/mol. The van der Waals surface area contributed by atoms with Gasteiger partial charge >= 0.3 is 0 Å². The Balaban J connectivity index is 1.76. The number of rotatable bonds is 3. The van der Waals surface area contributed by atoms with E-state index in [1.54, 1.807) is 0 Å². The number of nitrogens with zero attached hydrogens (tertiary/aromatic N) is 1. The van der Waals surface area contributed by atoms with E-state index in [1.807, 2.05) is 0 Å². The van der Waals surface area contributed by atoms with E-state index in [4.69, 9.17) is 0 Å². The van der Waals surface area contributed by atoms with Gasteiger partial charge in [0.15, 0.2) is 0 Å². The average molecular weight is 210 g/mol. The molecule has 2 aliphatic heterocycles. The fourth-order valence-corrected chi connectivity index (χ4v) is 3.28. The molecule has 1 unspecified atom stereocenters. The molecule has 0 bridgehead atoms. The van der Waals surface area contributed by atoms with Crippen LogP contribution in [0.1, 0.15) is 46.0 Å². The summed E-state index contributed by atoms with van der Waals surface area (Å²) in [4.78, 5) is 2.58. The lowest BCUT2D eigenvalue weighted by Crippen LogP contribution is -2.41. The van der Waals surface area contributed by atoms with Crippen molar-refractivity contribution in [3.63, 3.8) is 0 Å². The molecule has 15 heavy (non-hydrogen) atoms. The first-order valence-electron chi connectivity index (χ1n) is 6.69. The molecule has 0 aromatic heterocycles. The highest BCUT2D eigenvalue weighted by atomic mass is 15.1. The van der Waals surface area contributed by atoms with Crippen LogP contribution >= 0.6 is 0 Å². The molecule has 2 saturated heterocycles. The lowest BCUT2D eigenvalue weighted by atomic mass is 9.83. The van der Waals surface area contributed by atoms with E-state index < -0.39 is 0 Å². The third-order valence-electron chi connectivity index (χ3n) is 4.35. The number of hydrogen-bond donors (Lipinski definition) is 1. The van der Waals surface area contributed by atoms with Crippen molar-refractivity contribution in [2.75, 3.05) is 26.2 Å². The van der Waals surface area contributed by atoms with E-state index in [1.165, 1.54) is 58.3 Å². The normalized spacial score (nSPS) is 34.8. The molecule has 0 amide bonds. The highest BCUT2D eigenvalue weighted by molar-refractivity contribution is 4.91. The summed E-state index contributed by atoms with van der Waals surface area (Å²) in [5.41, 5.74) is 0.471. The van der Waals surface area contributed by atoms with E-state index in [2.05, 4.69) is 24.1 Å². The zero-order valence-electron chi connectivity index (χ0n) is 10.4. The number of likely N-dealkylation sites (tertiary alicyclic amines) is 1. The highest BCUT2D eigenvalue weighted by Gasteiger charge is 2.32. The summed E-state index contributed by atoms with van der Waals surface area (Å²) in [6, 6.07) is 0. The van der Waals surface area contributed by atoms with E-state index in [0.29, 0.717) is 5.54 Å². The minimum Gasteiger partial charge on any atom is -0.312 e. The third kappa shape index (κ3) is 2.94. The first kappa shape index (κ1) is 11.4. The second-order valence-corrected chi connectivity index (χ2v) is 5.67. The van der Waals surface area contributed by atoms with Crippen molar-refractivity contribution in [3.8, 4) is 0 Å². The van der Waals surface area contributed by atoms with E-state index in [-0.39, 0.29) is 0 Å². The Kier molecular flexibility index (Phi) is 3.68. The Morgan fingerprint density at radius 3 is 2.60 bits per heavy atom. The molecule has 2 nitrogen and oxygen atoms in total. The molecule has 2 aliphatic rings. The first-order chi connectivity index (χ1) is 7.22. The van der Waals surface area contributed by atoms with Gasteiger partial charge in [0.25, 0.3) is 0 Å². The maximum Gasteiger partial charge on any atom is 0.0156 e. The van der Waals surface area contributed by atoms with Crippen LogP contribution in [0.15, 0.2) is 0 Å². The molecular formula is C13H26N2. The monoisotopic (exact) mass is 210 g/mol. The maximum absolute atomic E-state index is 3.69. The standard InChI is InChI=1S/C13H26N2/c1-3-15-9-5-12(6-10-15)11-13(2)7-4-8-14-13/h12,14H,3-11H2,1-2H3. The van der Waals surface area contributed by atoms with Crippen LogP contribution < -0.4 is 5.32 Å². The Morgan fingerprint density at radius 1 is 1.33 bits per heavy atom. The number of nitrogens with one attached hydrogen (secondary N) is 1. The number of piperidine rings is 1. The maximum atomic E-state index is 3.69. The van der Waals surface area contributed by atoms with E-state index in [0.717, 1.165) is 5.92 Å². The summed E-state index contributed by atoms with van der Waals surface area (Å²) in [7, 11) is 0. The van der Waals surface area contributed by atoms with Gasteiger partial charge in [0.05, 0.1) is 0 Å². The minimum atomic E-state index is 0.471. The molecule has 0 aliphatic carbocycles.